The molecule has 2 saturated heterocycles. The van der Waals surface area contributed by atoms with Crippen LogP contribution >= 0.6 is 0 Å². The fraction of sp³-hybridized carbons (Fsp3) is 0.450. The molecule has 2 aromatic heterocycles. The van der Waals surface area contributed by atoms with Crippen LogP contribution in [0.2, 0.25) is 0 Å². The smallest absolute Gasteiger partial charge is 0.263 e. The van der Waals surface area contributed by atoms with Crippen molar-refractivity contribution in [1.82, 2.24) is 14.5 Å². The molecule has 4 rings (SSSR count). The first-order valence-electron chi connectivity index (χ1n) is 9.25. The van der Waals surface area contributed by atoms with E-state index in [0.29, 0.717) is 19.8 Å². The average molecular weight is 369 g/mol. The molecule has 7 heteroatoms. The van der Waals surface area contributed by atoms with Gasteiger partial charge >= 0.3 is 0 Å². The number of likely N-dealkylation sites (tertiary alicyclic amines) is 1. The van der Waals surface area contributed by atoms with E-state index in [9.17, 15) is 9.59 Å². The Kier molecular flexibility index (Phi) is 5.05. The Labute approximate surface area is 157 Å². The molecular formula is C20H23N3O4. The van der Waals surface area contributed by atoms with Crippen molar-refractivity contribution in [3.05, 3.63) is 64.3 Å². The van der Waals surface area contributed by atoms with Crippen LogP contribution in [0.1, 0.15) is 28.9 Å². The van der Waals surface area contributed by atoms with Crippen molar-refractivity contribution >= 4 is 5.91 Å². The molecule has 27 heavy (non-hydrogen) atoms. The highest BCUT2D eigenvalue weighted by Gasteiger charge is 2.47. The number of carbonyl (C=O) groups excluding carboxylic acids is 1. The normalized spacial score (nSPS) is 24.6. The van der Waals surface area contributed by atoms with Crippen LogP contribution in [-0.4, -0.2) is 51.8 Å². The fourth-order valence-electron chi connectivity index (χ4n) is 3.88. The monoisotopic (exact) mass is 369 g/mol. The number of hydrogen-bond acceptors (Lipinski definition) is 5. The molecule has 2 aliphatic heterocycles. The number of ether oxygens (including phenoxy) is 2. The van der Waals surface area contributed by atoms with Crippen molar-refractivity contribution in [2.75, 3.05) is 13.2 Å². The molecule has 0 unspecified atom stereocenters. The van der Waals surface area contributed by atoms with Crippen molar-refractivity contribution in [3.63, 3.8) is 0 Å². The molecule has 4 heterocycles. The zero-order valence-electron chi connectivity index (χ0n) is 15.3. The largest absolute Gasteiger partial charge is 0.373 e. The summed E-state index contributed by atoms with van der Waals surface area (Å²) < 4.78 is 13.4. The van der Waals surface area contributed by atoms with Gasteiger partial charge in [0.25, 0.3) is 11.5 Å². The lowest BCUT2D eigenvalue weighted by atomic mass is 10.0. The highest BCUT2D eigenvalue weighted by atomic mass is 16.5. The van der Waals surface area contributed by atoms with E-state index in [0.717, 1.165) is 18.5 Å². The third-order valence-electron chi connectivity index (χ3n) is 5.26. The molecule has 0 saturated carbocycles. The Balaban J connectivity index is 1.53. The molecule has 142 valence electrons. The first-order valence-corrected chi connectivity index (χ1v) is 9.25. The molecule has 2 aromatic rings. The van der Waals surface area contributed by atoms with Gasteiger partial charge in [0.1, 0.15) is 17.8 Å². The Morgan fingerprint density at radius 1 is 1.33 bits per heavy atom. The second-order valence-corrected chi connectivity index (χ2v) is 7.01. The quantitative estimate of drug-likeness (QED) is 0.814. The van der Waals surface area contributed by atoms with Crippen LogP contribution in [0.15, 0.2) is 47.5 Å². The SMILES string of the molecule is Cn1cccc(C(=O)N2C[C@H](OCc3ccccn3)[C@H]3OCCC[C@H]32)c1=O. The van der Waals surface area contributed by atoms with Gasteiger partial charge in [-0.1, -0.05) is 6.07 Å². The summed E-state index contributed by atoms with van der Waals surface area (Å²) in [5.74, 6) is -0.249. The number of aromatic nitrogens is 2. The first-order chi connectivity index (χ1) is 13.1. The predicted molar refractivity (Wildman–Crippen MR) is 98.3 cm³/mol. The number of nitrogens with zero attached hydrogens (tertiary/aromatic N) is 3. The van der Waals surface area contributed by atoms with Gasteiger partial charge in [-0.3, -0.25) is 14.6 Å². The summed E-state index contributed by atoms with van der Waals surface area (Å²) in [4.78, 5) is 31.5. The molecule has 1 amide bonds. The summed E-state index contributed by atoms with van der Waals surface area (Å²) >= 11 is 0. The van der Waals surface area contributed by atoms with E-state index in [1.807, 2.05) is 18.2 Å². The van der Waals surface area contributed by atoms with Crippen LogP contribution in [0.3, 0.4) is 0 Å². The first kappa shape index (κ1) is 17.9. The molecular weight excluding hydrogens is 346 g/mol. The van der Waals surface area contributed by atoms with E-state index in [1.165, 1.54) is 4.57 Å². The topological polar surface area (TPSA) is 73.7 Å². The number of carbonyl (C=O) groups is 1. The van der Waals surface area contributed by atoms with Crippen molar-refractivity contribution in [2.24, 2.45) is 7.05 Å². The van der Waals surface area contributed by atoms with Gasteiger partial charge in [-0.2, -0.15) is 0 Å². The molecule has 0 aliphatic carbocycles. The van der Waals surface area contributed by atoms with Crippen molar-refractivity contribution in [1.29, 1.82) is 0 Å². The van der Waals surface area contributed by atoms with E-state index in [-0.39, 0.29) is 35.3 Å². The molecule has 0 spiro atoms. The molecule has 0 radical (unpaired) electrons. The van der Waals surface area contributed by atoms with Crippen LogP contribution in [0.25, 0.3) is 0 Å². The van der Waals surface area contributed by atoms with Gasteiger partial charge in [-0.15, -0.1) is 0 Å². The van der Waals surface area contributed by atoms with Crippen LogP contribution in [0.4, 0.5) is 0 Å². The van der Waals surface area contributed by atoms with Crippen molar-refractivity contribution < 1.29 is 14.3 Å². The van der Waals surface area contributed by atoms with Crippen molar-refractivity contribution in [3.8, 4) is 0 Å². The van der Waals surface area contributed by atoms with Gasteiger partial charge in [0.2, 0.25) is 0 Å². The molecule has 0 N–H and O–H groups in total. The maximum absolute atomic E-state index is 13.1. The third-order valence-corrected chi connectivity index (χ3v) is 5.26. The van der Waals surface area contributed by atoms with Gasteiger partial charge in [0.15, 0.2) is 0 Å². The lowest BCUT2D eigenvalue weighted by molar-refractivity contribution is -0.0814. The molecule has 2 aliphatic rings. The number of pyridine rings is 2. The minimum atomic E-state index is -0.284. The fourth-order valence-corrected chi connectivity index (χ4v) is 3.88. The summed E-state index contributed by atoms with van der Waals surface area (Å²) in [7, 11) is 1.65. The lowest BCUT2D eigenvalue weighted by Gasteiger charge is -2.32. The number of hydrogen-bond donors (Lipinski definition) is 0. The Morgan fingerprint density at radius 3 is 3.04 bits per heavy atom. The predicted octanol–water partition coefficient (Wildman–Crippen LogP) is 1.37. The van der Waals surface area contributed by atoms with Crippen LogP contribution < -0.4 is 5.56 Å². The highest BCUT2D eigenvalue weighted by molar-refractivity contribution is 5.94. The second-order valence-electron chi connectivity index (χ2n) is 7.01. The molecule has 0 aromatic carbocycles. The van der Waals surface area contributed by atoms with Gasteiger partial charge in [-0.25, -0.2) is 0 Å². The van der Waals surface area contributed by atoms with Crippen LogP contribution in [0, 0.1) is 0 Å². The number of fused-ring (bicyclic) bond motifs is 1. The summed E-state index contributed by atoms with van der Waals surface area (Å²) in [6.07, 6.45) is 4.73. The third kappa shape index (κ3) is 3.52. The van der Waals surface area contributed by atoms with E-state index in [1.54, 1.807) is 36.5 Å². The zero-order valence-corrected chi connectivity index (χ0v) is 15.3. The van der Waals surface area contributed by atoms with Gasteiger partial charge in [0.05, 0.1) is 24.9 Å². The zero-order chi connectivity index (χ0) is 18.8. The summed E-state index contributed by atoms with van der Waals surface area (Å²) in [5, 5.41) is 0. The molecule has 7 nitrogen and oxygen atoms in total. The maximum atomic E-state index is 13.1. The van der Waals surface area contributed by atoms with E-state index in [4.69, 9.17) is 9.47 Å². The minimum Gasteiger partial charge on any atom is -0.373 e. The van der Waals surface area contributed by atoms with Crippen LogP contribution in [-0.2, 0) is 23.1 Å². The molecule has 3 atom stereocenters. The molecule has 2 fully saturated rings. The van der Waals surface area contributed by atoms with Crippen LogP contribution in [0.5, 0.6) is 0 Å². The van der Waals surface area contributed by atoms with Gasteiger partial charge in [0, 0.05) is 26.0 Å². The summed E-state index contributed by atoms with van der Waals surface area (Å²) in [5.41, 5.74) is 0.745. The molecule has 0 bridgehead atoms. The average Bonchev–Trinajstić information content (AvgIpc) is 3.08. The van der Waals surface area contributed by atoms with Crippen molar-refractivity contribution in [2.45, 2.75) is 37.7 Å². The second kappa shape index (κ2) is 7.62. The minimum absolute atomic E-state index is 0.0649. The Hall–Kier alpha value is -2.51. The summed E-state index contributed by atoms with van der Waals surface area (Å²) in [6, 6.07) is 8.93. The maximum Gasteiger partial charge on any atom is 0.263 e. The standard InChI is InChI=1S/C20H23N3O4/c1-22-10-4-7-15(19(22)24)20(25)23-12-17(18-16(23)8-5-11-26-18)27-13-14-6-2-3-9-21-14/h2-4,6-7,9-10,16-18H,5,8,11-13H2,1H3/t16-,17+,18+/m1/s1. The highest BCUT2D eigenvalue weighted by Crippen LogP contribution is 2.31. The van der Waals surface area contributed by atoms with Gasteiger partial charge < -0.3 is 18.9 Å². The number of rotatable bonds is 4. The van der Waals surface area contributed by atoms with E-state index < -0.39 is 0 Å². The lowest BCUT2D eigenvalue weighted by Crippen LogP contribution is -2.45. The van der Waals surface area contributed by atoms with Gasteiger partial charge in [-0.05, 0) is 37.1 Å². The number of aryl methyl sites for hydroxylation is 1. The summed E-state index contributed by atoms with van der Waals surface area (Å²) in [6.45, 7) is 1.45. The Bertz CT molecular complexity index is 867. The van der Waals surface area contributed by atoms with E-state index in [2.05, 4.69) is 4.98 Å². The van der Waals surface area contributed by atoms with E-state index >= 15 is 0 Å². The number of amides is 1. The Morgan fingerprint density at radius 2 is 2.22 bits per heavy atom.